The maximum Gasteiger partial charge on any atom is 0.191 e. The summed E-state index contributed by atoms with van der Waals surface area (Å²) in [4.78, 5) is 13.2. The van der Waals surface area contributed by atoms with Gasteiger partial charge in [-0.05, 0) is 18.4 Å². The van der Waals surface area contributed by atoms with Gasteiger partial charge in [-0.15, -0.1) is 11.3 Å². The summed E-state index contributed by atoms with van der Waals surface area (Å²) in [5.74, 6) is 0.775. The molecule has 3 rings (SSSR count). The van der Waals surface area contributed by atoms with Crippen LogP contribution in [0.1, 0.15) is 16.4 Å². The predicted molar refractivity (Wildman–Crippen MR) is 100 cm³/mol. The molecular weight excluding hydrogens is 318 g/mol. The van der Waals surface area contributed by atoms with Crippen molar-refractivity contribution in [3.63, 3.8) is 0 Å². The monoisotopic (exact) mass is 339 g/mol. The SMILES string of the molecule is CN=C(NCCc1csc(C)n1)NCc1nccc2ccccc12. The number of benzene rings is 1. The second-order valence-electron chi connectivity index (χ2n) is 5.44. The first kappa shape index (κ1) is 16.4. The van der Waals surface area contributed by atoms with Crippen LogP contribution in [0.3, 0.4) is 0 Å². The fourth-order valence-corrected chi connectivity index (χ4v) is 3.19. The molecule has 0 aliphatic heterocycles. The van der Waals surface area contributed by atoms with Crippen LogP contribution in [0.15, 0.2) is 46.9 Å². The molecule has 0 bridgehead atoms. The molecule has 0 fully saturated rings. The molecule has 0 amide bonds. The van der Waals surface area contributed by atoms with E-state index in [1.807, 2.05) is 31.3 Å². The van der Waals surface area contributed by atoms with Gasteiger partial charge in [0.2, 0.25) is 0 Å². The molecule has 0 spiro atoms. The highest BCUT2D eigenvalue weighted by Crippen LogP contribution is 2.15. The Bertz CT molecular complexity index is 835. The molecule has 124 valence electrons. The van der Waals surface area contributed by atoms with E-state index >= 15 is 0 Å². The van der Waals surface area contributed by atoms with E-state index in [0.29, 0.717) is 6.54 Å². The van der Waals surface area contributed by atoms with Crippen molar-refractivity contribution < 1.29 is 0 Å². The fourth-order valence-electron chi connectivity index (χ4n) is 2.54. The molecule has 24 heavy (non-hydrogen) atoms. The summed E-state index contributed by atoms with van der Waals surface area (Å²) in [7, 11) is 1.78. The summed E-state index contributed by atoms with van der Waals surface area (Å²) in [5.41, 5.74) is 2.14. The molecule has 6 heteroatoms. The zero-order valence-electron chi connectivity index (χ0n) is 13.9. The van der Waals surface area contributed by atoms with Crippen LogP contribution in [-0.4, -0.2) is 29.5 Å². The molecule has 2 aromatic heterocycles. The summed E-state index contributed by atoms with van der Waals surface area (Å²) >= 11 is 1.68. The van der Waals surface area contributed by atoms with Crippen molar-refractivity contribution in [2.45, 2.75) is 19.9 Å². The van der Waals surface area contributed by atoms with Crippen LogP contribution in [0.25, 0.3) is 10.8 Å². The van der Waals surface area contributed by atoms with Gasteiger partial charge in [-0.2, -0.15) is 0 Å². The average Bonchev–Trinajstić information content (AvgIpc) is 3.03. The van der Waals surface area contributed by atoms with E-state index in [0.717, 1.165) is 35.3 Å². The Morgan fingerprint density at radius 1 is 1.21 bits per heavy atom. The summed E-state index contributed by atoms with van der Waals surface area (Å²) in [6, 6.07) is 10.3. The van der Waals surface area contributed by atoms with Gasteiger partial charge in [0.15, 0.2) is 5.96 Å². The maximum atomic E-state index is 4.49. The summed E-state index contributed by atoms with van der Waals surface area (Å²) < 4.78 is 0. The van der Waals surface area contributed by atoms with Gasteiger partial charge < -0.3 is 10.6 Å². The minimum Gasteiger partial charge on any atom is -0.356 e. The quantitative estimate of drug-likeness (QED) is 0.554. The lowest BCUT2D eigenvalue weighted by atomic mass is 10.1. The number of guanidine groups is 1. The first-order valence-corrected chi connectivity index (χ1v) is 8.82. The number of hydrogen-bond donors (Lipinski definition) is 2. The normalized spacial score (nSPS) is 11.7. The number of aliphatic imine (C=N–C) groups is 1. The van der Waals surface area contributed by atoms with Crippen molar-refractivity contribution in [1.29, 1.82) is 0 Å². The molecule has 0 radical (unpaired) electrons. The van der Waals surface area contributed by atoms with Crippen molar-refractivity contribution in [2.75, 3.05) is 13.6 Å². The maximum absolute atomic E-state index is 4.49. The Labute approximate surface area is 145 Å². The number of thiazole rings is 1. The third-order valence-electron chi connectivity index (χ3n) is 3.74. The van der Waals surface area contributed by atoms with E-state index in [2.05, 4.69) is 43.1 Å². The van der Waals surface area contributed by atoms with E-state index in [1.165, 1.54) is 10.8 Å². The van der Waals surface area contributed by atoms with Gasteiger partial charge in [0.05, 0.1) is 22.9 Å². The first-order valence-electron chi connectivity index (χ1n) is 7.94. The number of rotatable bonds is 5. The van der Waals surface area contributed by atoms with Crippen LogP contribution >= 0.6 is 11.3 Å². The van der Waals surface area contributed by atoms with E-state index < -0.39 is 0 Å². The molecule has 1 aromatic carbocycles. The summed E-state index contributed by atoms with van der Waals surface area (Å²) in [6.45, 7) is 3.46. The van der Waals surface area contributed by atoms with Crippen LogP contribution in [0.2, 0.25) is 0 Å². The second kappa shape index (κ2) is 7.88. The van der Waals surface area contributed by atoms with Crippen molar-refractivity contribution in [3.8, 4) is 0 Å². The van der Waals surface area contributed by atoms with Crippen LogP contribution < -0.4 is 10.6 Å². The molecule has 0 saturated carbocycles. The van der Waals surface area contributed by atoms with Gasteiger partial charge in [-0.1, -0.05) is 24.3 Å². The molecule has 2 N–H and O–H groups in total. The van der Waals surface area contributed by atoms with Gasteiger partial charge in [0, 0.05) is 37.0 Å². The lowest BCUT2D eigenvalue weighted by Crippen LogP contribution is -2.38. The average molecular weight is 339 g/mol. The molecule has 0 saturated heterocycles. The van der Waals surface area contributed by atoms with Crippen molar-refractivity contribution >= 4 is 28.1 Å². The van der Waals surface area contributed by atoms with Crippen molar-refractivity contribution in [1.82, 2.24) is 20.6 Å². The fraction of sp³-hybridized carbons (Fsp3) is 0.278. The molecule has 0 atom stereocenters. The van der Waals surface area contributed by atoms with Gasteiger partial charge in [-0.25, -0.2) is 4.98 Å². The second-order valence-corrected chi connectivity index (χ2v) is 6.50. The minimum atomic E-state index is 0.636. The highest BCUT2D eigenvalue weighted by molar-refractivity contribution is 7.09. The lowest BCUT2D eigenvalue weighted by Gasteiger charge is -2.12. The Hall–Kier alpha value is -2.47. The van der Waals surface area contributed by atoms with Gasteiger partial charge in [0.1, 0.15) is 0 Å². The van der Waals surface area contributed by atoms with Crippen molar-refractivity contribution in [3.05, 3.63) is 58.3 Å². The molecule has 2 heterocycles. The van der Waals surface area contributed by atoms with E-state index in [4.69, 9.17) is 0 Å². The summed E-state index contributed by atoms with van der Waals surface area (Å²) in [5, 5.41) is 12.2. The lowest BCUT2D eigenvalue weighted by molar-refractivity contribution is 0.779. The van der Waals surface area contributed by atoms with Crippen LogP contribution in [-0.2, 0) is 13.0 Å². The zero-order chi connectivity index (χ0) is 16.8. The summed E-state index contributed by atoms with van der Waals surface area (Å²) in [6.07, 6.45) is 2.73. The predicted octanol–water partition coefficient (Wildman–Crippen LogP) is 2.91. The number of fused-ring (bicyclic) bond motifs is 1. The smallest absolute Gasteiger partial charge is 0.191 e. The third-order valence-corrected chi connectivity index (χ3v) is 4.57. The number of pyridine rings is 1. The van der Waals surface area contributed by atoms with Gasteiger partial charge in [0.25, 0.3) is 0 Å². The number of hydrogen-bond acceptors (Lipinski definition) is 4. The highest BCUT2D eigenvalue weighted by atomic mass is 32.1. The molecule has 3 aromatic rings. The van der Waals surface area contributed by atoms with E-state index in [-0.39, 0.29) is 0 Å². The van der Waals surface area contributed by atoms with E-state index in [9.17, 15) is 0 Å². The largest absolute Gasteiger partial charge is 0.356 e. The highest BCUT2D eigenvalue weighted by Gasteiger charge is 2.04. The Morgan fingerprint density at radius 3 is 2.88 bits per heavy atom. The Balaban J connectivity index is 1.55. The standard InChI is InChI=1S/C18H21N5S/c1-13-23-15(12-24-13)8-10-21-18(19-2)22-11-17-16-6-4-3-5-14(16)7-9-20-17/h3-7,9,12H,8,10-11H2,1-2H3,(H2,19,21,22). The third kappa shape index (κ3) is 4.08. The van der Waals surface area contributed by atoms with E-state index in [1.54, 1.807) is 18.4 Å². The van der Waals surface area contributed by atoms with Crippen LogP contribution in [0, 0.1) is 6.92 Å². The first-order chi connectivity index (χ1) is 11.8. The number of aryl methyl sites for hydroxylation is 1. The van der Waals surface area contributed by atoms with Crippen LogP contribution in [0.4, 0.5) is 0 Å². The minimum absolute atomic E-state index is 0.636. The van der Waals surface area contributed by atoms with Crippen LogP contribution in [0.5, 0.6) is 0 Å². The molecule has 0 aliphatic rings. The Morgan fingerprint density at radius 2 is 2.08 bits per heavy atom. The molecule has 5 nitrogen and oxygen atoms in total. The number of aromatic nitrogens is 2. The van der Waals surface area contributed by atoms with Crippen molar-refractivity contribution in [2.24, 2.45) is 4.99 Å². The number of nitrogens with one attached hydrogen (secondary N) is 2. The molecule has 0 unspecified atom stereocenters. The molecular formula is C18H21N5S. The Kier molecular flexibility index (Phi) is 5.38. The topological polar surface area (TPSA) is 62.2 Å². The zero-order valence-corrected chi connectivity index (χ0v) is 14.7. The van der Waals surface area contributed by atoms with Gasteiger partial charge in [-0.3, -0.25) is 9.98 Å². The van der Waals surface area contributed by atoms with Gasteiger partial charge >= 0.3 is 0 Å². The number of nitrogens with zero attached hydrogens (tertiary/aromatic N) is 3. The molecule has 0 aliphatic carbocycles.